The number of hydrogen-bond donors (Lipinski definition) is 2. The van der Waals surface area contributed by atoms with E-state index < -0.39 is 5.54 Å². The summed E-state index contributed by atoms with van der Waals surface area (Å²) in [5.74, 6) is 1.35. The summed E-state index contributed by atoms with van der Waals surface area (Å²) in [6.45, 7) is 3.24. The van der Waals surface area contributed by atoms with E-state index in [9.17, 15) is 4.79 Å². The minimum atomic E-state index is -0.400. The molecule has 0 aliphatic heterocycles. The molecule has 1 heterocycles. The smallest absolute Gasteiger partial charge is 0.497 e. The van der Waals surface area contributed by atoms with E-state index in [1.165, 1.54) is 0 Å². The molecule has 1 saturated carbocycles. The molecule has 0 saturated heterocycles. The van der Waals surface area contributed by atoms with E-state index in [0.29, 0.717) is 17.9 Å². The van der Waals surface area contributed by atoms with Crippen molar-refractivity contribution in [3.8, 4) is 11.5 Å². The van der Waals surface area contributed by atoms with Gasteiger partial charge in [-0.25, -0.2) is 0 Å². The SMILES string of the molecule is CNCCOc1ccc(C)c(C(=O)NC2(c3cc(OC)cc4ncccc34)CC2)c1.[CH3-].[Cs+]. The van der Waals surface area contributed by atoms with E-state index in [0.717, 1.165) is 47.2 Å². The van der Waals surface area contributed by atoms with E-state index in [1.54, 1.807) is 13.3 Å². The number of likely N-dealkylation sites (N-methyl/N-ethyl adjacent to an activating group) is 1. The van der Waals surface area contributed by atoms with Crippen LogP contribution in [0.5, 0.6) is 11.5 Å². The van der Waals surface area contributed by atoms with Gasteiger partial charge in [-0.3, -0.25) is 9.78 Å². The molecule has 0 atom stereocenters. The first kappa shape index (κ1) is 27.2. The number of fused-ring (bicyclic) bond motifs is 1. The molecule has 1 amide bonds. The molecular weight excluding hydrogens is 523 g/mol. The van der Waals surface area contributed by atoms with Crippen LogP contribution in [0.3, 0.4) is 0 Å². The van der Waals surface area contributed by atoms with Crippen molar-refractivity contribution in [1.82, 2.24) is 15.6 Å². The van der Waals surface area contributed by atoms with Crippen molar-refractivity contribution in [3.05, 3.63) is 72.8 Å². The van der Waals surface area contributed by atoms with Crippen molar-refractivity contribution >= 4 is 16.8 Å². The van der Waals surface area contributed by atoms with Crippen LogP contribution in [0.4, 0.5) is 0 Å². The van der Waals surface area contributed by atoms with Crippen LogP contribution < -0.4 is 89.0 Å². The predicted molar refractivity (Wildman–Crippen MR) is 124 cm³/mol. The molecule has 0 bridgehead atoms. The third kappa shape index (κ3) is 5.89. The molecule has 6 nitrogen and oxygen atoms in total. The number of aromatic nitrogens is 1. The standard InChI is InChI=1S/C24H27N3O3.CH3.Cs/c1-16-6-7-17(30-12-11-25-2)13-20(16)23(28)27-24(8-9-24)21-14-18(29-3)15-22-19(21)5-4-10-26-22;;/h4-7,10,13-15,25H,8-9,11-12H2,1-3H3,(H,27,28);1H3;/q;-1;+1. The third-order valence-electron chi connectivity index (χ3n) is 5.62. The number of carbonyl (C=O) groups excluding carboxylic acids is 1. The van der Waals surface area contributed by atoms with Gasteiger partial charge < -0.3 is 27.5 Å². The van der Waals surface area contributed by atoms with E-state index >= 15 is 0 Å². The summed E-state index contributed by atoms with van der Waals surface area (Å²) in [6, 6.07) is 13.6. The van der Waals surface area contributed by atoms with Gasteiger partial charge in [0.25, 0.3) is 5.91 Å². The fourth-order valence-electron chi connectivity index (χ4n) is 3.75. The van der Waals surface area contributed by atoms with Crippen molar-refractivity contribution in [2.45, 2.75) is 25.3 Å². The van der Waals surface area contributed by atoms with Crippen LogP contribution in [-0.4, -0.2) is 38.2 Å². The van der Waals surface area contributed by atoms with E-state index in [4.69, 9.17) is 9.47 Å². The normalized spacial score (nSPS) is 13.5. The Bertz CT molecular complexity index is 1080. The number of nitrogens with one attached hydrogen (secondary N) is 2. The molecule has 0 spiro atoms. The molecule has 4 rings (SSSR count). The second-order valence-corrected chi connectivity index (χ2v) is 7.71. The van der Waals surface area contributed by atoms with E-state index in [-0.39, 0.29) is 82.2 Å². The Morgan fingerprint density at radius 2 is 1.94 bits per heavy atom. The molecule has 1 aliphatic carbocycles. The van der Waals surface area contributed by atoms with Gasteiger partial charge in [-0.15, -0.1) is 0 Å². The molecule has 1 fully saturated rings. The fourth-order valence-corrected chi connectivity index (χ4v) is 3.75. The zero-order valence-corrected chi connectivity index (χ0v) is 25.9. The maximum atomic E-state index is 13.2. The van der Waals surface area contributed by atoms with Crippen LogP contribution in [0, 0.1) is 14.4 Å². The first-order valence-electron chi connectivity index (χ1n) is 10.2. The van der Waals surface area contributed by atoms with Gasteiger partial charge >= 0.3 is 68.9 Å². The Morgan fingerprint density at radius 3 is 2.62 bits per heavy atom. The van der Waals surface area contributed by atoms with Crippen molar-refractivity contribution in [2.24, 2.45) is 0 Å². The van der Waals surface area contributed by atoms with Gasteiger partial charge in [-0.1, -0.05) is 12.1 Å². The number of methoxy groups -OCH3 is 1. The van der Waals surface area contributed by atoms with E-state index in [2.05, 4.69) is 15.6 Å². The molecule has 2 N–H and O–H groups in total. The minimum Gasteiger partial charge on any atom is -0.497 e. The molecule has 0 radical (unpaired) electrons. The minimum absolute atomic E-state index is 0. The largest absolute Gasteiger partial charge is 1.00 e. The van der Waals surface area contributed by atoms with Crippen molar-refractivity contribution in [1.29, 1.82) is 0 Å². The zero-order valence-electron chi connectivity index (χ0n) is 19.6. The maximum absolute atomic E-state index is 13.2. The molecule has 32 heavy (non-hydrogen) atoms. The monoisotopic (exact) mass is 553 g/mol. The summed E-state index contributed by atoms with van der Waals surface area (Å²) in [4.78, 5) is 17.7. The maximum Gasteiger partial charge on any atom is 1.00 e. The quantitative estimate of drug-likeness (QED) is 0.322. The number of nitrogens with zero attached hydrogens (tertiary/aromatic N) is 1. The van der Waals surface area contributed by atoms with Gasteiger partial charge in [0.2, 0.25) is 0 Å². The number of benzene rings is 2. The molecule has 1 aliphatic rings. The van der Waals surface area contributed by atoms with Gasteiger partial charge in [0.1, 0.15) is 18.1 Å². The third-order valence-corrected chi connectivity index (χ3v) is 5.62. The molecule has 164 valence electrons. The van der Waals surface area contributed by atoms with Crippen molar-refractivity contribution in [3.63, 3.8) is 0 Å². The summed E-state index contributed by atoms with van der Waals surface area (Å²) >= 11 is 0. The number of aryl methyl sites for hydroxylation is 1. The topological polar surface area (TPSA) is 72.5 Å². The number of rotatable bonds is 8. The van der Waals surface area contributed by atoms with Crippen molar-refractivity contribution < 1.29 is 83.2 Å². The molecule has 7 heteroatoms. The zero-order chi connectivity index (χ0) is 21.1. The Labute approximate surface area is 249 Å². The van der Waals surface area contributed by atoms with Crippen molar-refractivity contribution in [2.75, 3.05) is 27.3 Å². The second-order valence-electron chi connectivity index (χ2n) is 7.71. The summed E-state index contributed by atoms with van der Waals surface area (Å²) < 4.78 is 11.2. The van der Waals surface area contributed by atoms with Crippen LogP contribution in [-0.2, 0) is 5.54 Å². The molecule has 2 aromatic carbocycles. The number of ether oxygens (including phenoxy) is 2. The van der Waals surface area contributed by atoms with Gasteiger partial charge in [-0.2, -0.15) is 0 Å². The Kier molecular flexibility index (Phi) is 10.1. The number of carbonyl (C=O) groups is 1. The summed E-state index contributed by atoms with van der Waals surface area (Å²) in [7, 11) is 3.53. The van der Waals surface area contributed by atoms with Crippen LogP contribution >= 0.6 is 0 Å². The Morgan fingerprint density at radius 1 is 1.16 bits per heavy atom. The molecule has 1 aromatic heterocycles. The second kappa shape index (κ2) is 11.9. The van der Waals surface area contributed by atoms with Crippen LogP contribution in [0.1, 0.15) is 34.3 Å². The first-order chi connectivity index (χ1) is 14.6. The van der Waals surface area contributed by atoms with E-state index in [1.807, 2.05) is 56.4 Å². The fraction of sp³-hybridized carbons (Fsp3) is 0.320. The summed E-state index contributed by atoms with van der Waals surface area (Å²) in [5, 5.41) is 7.38. The van der Waals surface area contributed by atoms with Crippen LogP contribution in [0.2, 0.25) is 0 Å². The number of hydrogen-bond acceptors (Lipinski definition) is 5. The Hall–Kier alpha value is -1.07. The number of pyridine rings is 1. The predicted octanol–water partition coefficient (Wildman–Crippen LogP) is 1.02. The van der Waals surface area contributed by atoms with Crippen LogP contribution in [0.15, 0.2) is 48.7 Å². The summed E-state index contributed by atoms with van der Waals surface area (Å²) in [6.07, 6.45) is 3.53. The molecule has 3 aromatic rings. The van der Waals surface area contributed by atoms with Gasteiger partial charge in [-0.05, 0) is 62.2 Å². The Balaban J connectivity index is 0.00000181. The average Bonchev–Trinajstić information content (AvgIpc) is 3.54. The first-order valence-corrected chi connectivity index (χ1v) is 10.2. The van der Waals surface area contributed by atoms with Crippen LogP contribution in [0.25, 0.3) is 10.9 Å². The molecular formula is C25H30CsN3O3. The average molecular weight is 553 g/mol. The van der Waals surface area contributed by atoms with Gasteiger partial charge in [0, 0.05) is 29.8 Å². The number of amides is 1. The van der Waals surface area contributed by atoms with Gasteiger partial charge in [0.05, 0.1) is 18.2 Å². The molecule has 0 unspecified atom stereocenters. The summed E-state index contributed by atoms with van der Waals surface area (Å²) in [5.41, 5.74) is 3.07. The van der Waals surface area contributed by atoms with Gasteiger partial charge in [0.15, 0.2) is 0 Å².